The Bertz CT molecular complexity index is 1400. The number of carbonyl (C=O) groups excluding carboxylic acids is 2. The van der Waals surface area contributed by atoms with E-state index in [0.29, 0.717) is 24.2 Å². The minimum Gasteiger partial charge on any atom is -0.387 e. The molecule has 7 rings (SSSR count). The molecule has 0 spiro atoms. The Kier molecular flexibility index (Phi) is 6.64. The number of hydrogen-bond acceptors (Lipinski definition) is 3. The predicted octanol–water partition coefficient (Wildman–Crippen LogP) is 7.01. The Hall–Kier alpha value is -3.66. The summed E-state index contributed by atoms with van der Waals surface area (Å²) in [6, 6.07) is 31.3. The number of amides is 1. The smallest absolute Gasteiger partial charge is 0.224 e. The fourth-order valence-corrected chi connectivity index (χ4v) is 9.63. The maximum Gasteiger partial charge on any atom is 0.224 e. The highest BCUT2D eigenvalue weighted by Crippen LogP contribution is 2.64. The summed E-state index contributed by atoms with van der Waals surface area (Å²) in [5.41, 5.74) is 3.56. The van der Waals surface area contributed by atoms with Gasteiger partial charge in [-0.15, -0.1) is 0 Å². The number of piperidine rings is 1. The standard InChI is InChI=1S/C38H42N2O2/c1-36-23-21-32-30(25-39-34-24-29(41)20-22-37(32,34)2)31(36)18-19-33(36)35(42)40-38(26-12-6-3-7-13-26,27-14-8-4-9-15-27)28-16-10-5-11-17-28/h3-17,24,30-33,39H,18-23,25H2,1-2H3,(H,40,42)/t30-,31-,32+,33?,36-,37+/m0/s1. The highest BCUT2D eigenvalue weighted by Gasteiger charge is 2.61. The molecule has 4 nitrogen and oxygen atoms in total. The molecule has 1 aliphatic heterocycles. The van der Waals surface area contributed by atoms with Gasteiger partial charge in [-0.2, -0.15) is 0 Å². The molecule has 2 N–H and O–H groups in total. The highest BCUT2D eigenvalue weighted by molar-refractivity contribution is 5.91. The molecule has 3 aromatic rings. The van der Waals surface area contributed by atoms with E-state index in [1.807, 2.05) is 24.3 Å². The van der Waals surface area contributed by atoms with Crippen LogP contribution in [0.1, 0.15) is 69.1 Å². The van der Waals surface area contributed by atoms with Gasteiger partial charge in [0.05, 0.1) is 0 Å². The minimum atomic E-state index is -0.791. The molecule has 0 aromatic heterocycles. The van der Waals surface area contributed by atoms with Gasteiger partial charge in [0.15, 0.2) is 5.78 Å². The van der Waals surface area contributed by atoms with Crippen LogP contribution in [-0.4, -0.2) is 18.2 Å². The first-order chi connectivity index (χ1) is 20.4. The first-order valence-electron chi connectivity index (χ1n) is 15.8. The molecule has 0 radical (unpaired) electrons. The molecular formula is C38H42N2O2. The zero-order valence-electron chi connectivity index (χ0n) is 24.8. The number of hydrogen-bond donors (Lipinski definition) is 2. The van der Waals surface area contributed by atoms with Gasteiger partial charge in [0.1, 0.15) is 5.54 Å². The van der Waals surface area contributed by atoms with Crippen molar-refractivity contribution in [2.45, 2.75) is 57.9 Å². The van der Waals surface area contributed by atoms with E-state index in [4.69, 9.17) is 0 Å². The zero-order chi connectivity index (χ0) is 29.0. The van der Waals surface area contributed by atoms with Crippen molar-refractivity contribution >= 4 is 11.7 Å². The lowest BCUT2D eigenvalue weighted by atomic mass is 9.50. The molecule has 1 saturated heterocycles. The van der Waals surface area contributed by atoms with Gasteiger partial charge in [-0.05, 0) is 72.0 Å². The second-order valence-corrected chi connectivity index (χ2v) is 13.7. The summed E-state index contributed by atoms with van der Waals surface area (Å²) in [7, 11) is 0. The molecule has 42 heavy (non-hydrogen) atoms. The summed E-state index contributed by atoms with van der Waals surface area (Å²) >= 11 is 0. The maximum absolute atomic E-state index is 14.8. The van der Waals surface area contributed by atoms with Crippen LogP contribution >= 0.6 is 0 Å². The second kappa shape index (κ2) is 10.3. The summed E-state index contributed by atoms with van der Waals surface area (Å²) in [5.74, 6) is 1.96. The van der Waals surface area contributed by atoms with Crippen molar-refractivity contribution in [3.8, 4) is 0 Å². The quantitative estimate of drug-likeness (QED) is 0.331. The average molecular weight is 559 g/mol. The van der Waals surface area contributed by atoms with Crippen LogP contribution in [0.15, 0.2) is 103 Å². The SMILES string of the molecule is C[C@]12CCC(=O)C=C1NC[C@@H]1[C@H]2CC[C@]2(C)C(C(=O)NC(c3ccccc3)(c3ccccc3)c3ccccc3)CC[C@@H]12. The van der Waals surface area contributed by atoms with Gasteiger partial charge in [-0.3, -0.25) is 9.59 Å². The molecule has 3 fully saturated rings. The van der Waals surface area contributed by atoms with Crippen molar-refractivity contribution in [1.82, 2.24) is 10.6 Å². The monoisotopic (exact) mass is 558 g/mol. The fourth-order valence-electron chi connectivity index (χ4n) is 9.63. The van der Waals surface area contributed by atoms with Crippen LogP contribution in [0, 0.1) is 34.5 Å². The molecule has 216 valence electrons. The van der Waals surface area contributed by atoms with Gasteiger partial charge >= 0.3 is 0 Å². The summed E-state index contributed by atoms with van der Waals surface area (Å²) in [6.07, 6.45) is 7.65. The first-order valence-corrected chi connectivity index (χ1v) is 15.8. The number of benzene rings is 3. The van der Waals surface area contributed by atoms with Crippen LogP contribution in [0.2, 0.25) is 0 Å². The van der Waals surface area contributed by atoms with E-state index in [9.17, 15) is 9.59 Å². The minimum absolute atomic E-state index is 0.0432. The molecule has 3 aliphatic carbocycles. The van der Waals surface area contributed by atoms with Crippen LogP contribution in [0.3, 0.4) is 0 Å². The van der Waals surface area contributed by atoms with Crippen molar-refractivity contribution in [2.24, 2.45) is 34.5 Å². The Morgan fingerprint density at radius 2 is 1.36 bits per heavy atom. The van der Waals surface area contributed by atoms with E-state index < -0.39 is 5.54 Å². The van der Waals surface area contributed by atoms with E-state index in [0.717, 1.165) is 61.0 Å². The summed E-state index contributed by atoms with van der Waals surface area (Å²) in [4.78, 5) is 27.0. The molecule has 1 unspecified atom stereocenters. The maximum atomic E-state index is 14.8. The van der Waals surface area contributed by atoms with Gasteiger partial charge in [-0.25, -0.2) is 0 Å². The van der Waals surface area contributed by atoms with Crippen molar-refractivity contribution < 1.29 is 9.59 Å². The van der Waals surface area contributed by atoms with Crippen LogP contribution in [0.5, 0.6) is 0 Å². The third-order valence-corrected chi connectivity index (χ3v) is 11.8. The molecule has 0 bridgehead atoms. The van der Waals surface area contributed by atoms with E-state index in [1.165, 1.54) is 0 Å². The second-order valence-electron chi connectivity index (χ2n) is 13.7. The number of rotatable bonds is 5. The first kappa shape index (κ1) is 27.2. The highest BCUT2D eigenvalue weighted by atomic mass is 16.2. The molecule has 2 saturated carbocycles. The van der Waals surface area contributed by atoms with Gasteiger partial charge < -0.3 is 10.6 Å². The fraction of sp³-hybridized carbons (Fsp3) is 0.421. The largest absolute Gasteiger partial charge is 0.387 e. The van der Waals surface area contributed by atoms with E-state index in [1.54, 1.807) is 0 Å². The zero-order valence-corrected chi connectivity index (χ0v) is 24.8. The lowest BCUT2D eigenvalue weighted by molar-refractivity contribution is -0.133. The Balaban J connectivity index is 1.24. The molecule has 1 amide bonds. The van der Waals surface area contributed by atoms with Crippen molar-refractivity contribution in [3.05, 3.63) is 119 Å². The summed E-state index contributed by atoms with van der Waals surface area (Å²) in [5, 5.41) is 7.42. The summed E-state index contributed by atoms with van der Waals surface area (Å²) in [6.45, 7) is 5.69. The number of fused-ring (bicyclic) bond motifs is 5. The van der Waals surface area contributed by atoms with Crippen LogP contribution in [0.4, 0.5) is 0 Å². The van der Waals surface area contributed by atoms with Gasteiger partial charge in [0.2, 0.25) is 5.91 Å². The van der Waals surface area contributed by atoms with E-state index in [2.05, 4.69) is 97.3 Å². The Labute approximate surface area is 250 Å². The van der Waals surface area contributed by atoms with E-state index >= 15 is 0 Å². The number of nitrogens with one attached hydrogen (secondary N) is 2. The number of allylic oxidation sites excluding steroid dienone is 2. The van der Waals surface area contributed by atoms with Gasteiger partial charge in [0, 0.05) is 36.1 Å². The Morgan fingerprint density at radius 3 is 1.93 bits per heavy atom. The van der Waals surface area contributed by atoms with Crippen LogP contribution < -0.4 is 10.6 Å². The van der Waals surface area contributed by atoms with Crippen LogP contribution in [-0.2, 0) is 15.1 Å². The molecule has 6 atom stereocenters. The molecule has 4 heteroatoms. The third-order valence-electron chi connectivity index (χ3n) is 11.8. The normalized spacial score (nSPS) is 32.0. The van der Waals surface area contributed by atoms with Crippen LogP contribution in [0.25, 0.3) is 0 Å². The van der Waals surface area contributed by atoms with Crippen molar-refractivity contribution in [2.75, 3.05) is 6.54 Å². The lowest BCUT2D eigenvalue weighted by Crippen LogP contribution is -2.58. The Morgan fingerprint density at radius 1 is 0.786 bits per heavy atom. The molecule has 3 aromatic carbocycles. The third kappa shape index (κ3) is 4.09. The predicted molar refractivity (Wildman–Crippen MR) is 166 cm³/mol. The number of carbonyl (C=O) groups is 2. The lowest BCUT2D eigenvalue weighted by Gasteiger charge is -2.58. The molecule has 4 aliphatic rings. The van der Waals surface area contributed by atoms with Gasteiger partial charge in [0.25, 0.3) is 0 Å². The molecular weight excluding hydrogens is 516 g/mol. The number of ketones is 1. The molecule has 1 heterocycles. The van der Waals surface area contributed by atoms with E-state index in [-0.39, 0.29) is 28.4 Å². The topological polar surface area (TPSA) is 58.2 Å². The average Bonchev–Trinajstić information content (AvgIpc) is 3.39. The van der Waals surface area contributed by atoms with Crippen molar-refractivity contribution in [1.29, 1.82) is 0 Å². The summed E-state index contributed by atoms with van der Waals surface area (Å²) < 4.78 is 0. The van der Waals surface area contributed by atoms with Gasteiger partial charge in [-0.1, -0.05) is 105 Å². The van der Waals surface area contributed by atoms with Crippen molar-refractivity contribution in [3.63, 3.8) is 0 Å².